The highest BCUT2D eigenvalue weighted by molar-refractivity contribution is 5.85. The summed E-state index contributed by atoms with van der Waals surface area (Å²) in [7, 11) is 0. The molecule has 1 aromatic heterocycles. The Morgan fingerprint density at radius 3 is 2.58 bits per heavy atom. The third-order valence-corrected chi connectivity index (χ3v) is 3.31. The minimum atomic E-state index is -0.638. The predicted molar refractivity (Wildman–Crippen MR) is 73.9 cm³/mol. The summed E-state index contributed by atoms with van der Waals surface area (Å²) in [6.45, 7) is 0. The molecule has 1 heterocycles. The number of aromatic nitrogens is 1. The second-order valence-electron chi connectivity index (χ2n) is 4.62. The number of hydrogen-bond acceptors (Lipinski definition) is 3. The lowest BCUT2D eigenvalue weighted by atomic mass is 10.1. The van der Waals surface area contributed by atoms with Crippen molar-refractivity contribution in [2.24, 2.45) is 5.73 Å². The number of rotatable bonds is 2. The Balaban J connectivity index is 0.00000133. The molecule has 0 amide bonds. The Bertz CT molecular complexity index is 588. The Kier molecular flexibility index (Phi) is 3.73. The van der Waals surface area contributed by atoms with Crippen molar-refractivity contribution in [3.63, 3.8) is 0 Å². The summed E-state index contributed by atoms with van der Waals surface area (Å²) >= 11 is 0. The number of aromatic hydroxyl groups is 1. The van der Waals surface area contributed by atoms with Gasteiger partial charge in [0.05, 0.1) is 5.69 Å². The Morgan fingerprint density at radius 1 is 1.26 bits per heavy atom. The first-order chi connectivity index (χ1) is 8.66. The molecule has 1 aliphatic carbocycles. The fourth-order valence-corrected chi connectivity index (χ4v) is 2.10. The molecule has 1 saturated carbocycles. The van der Waals surface area contributed by atoms with Crippen LogP contribution in [0.15, 0.2) is 36.5 Å². The lowest BCUT2D eigenvalue weighted by molar-refractivity contribution is 0.433. The highest BCUT2D eigenvalue weighted by atomic mass is 35.5. The molecule has 3 N–H and O–H groups in total. The summed E-state index contributed by atoms with van der Waals surface area (Å²) in [6, 6.07) is 8.42. The van der Waals surface area contributed by atoms with Gasteiger partial charge in [-0.05, 0) is 30.2 Å². The van der Waals surface area contributed by atoms with Gasteiger partial charge in [0.15, 0.2) is 11.6 Å². The van der Waals surface area contributed by atoms with Gasteiger partial charge in [-0.2, -0.15) is 0 Å². The zero-order valence-corrected chi connectivity index (χ0v) is 10.9. The SMILES string of the molecule is Cl.NC1CC1c1ccc(-c2cccc(O)c2F)nc1. The molecule has 0 aliphatic heterocycles. The minimum absolute atomic E-state index is 0. The predicted octanol–water partition coefficient (Wildman–Crippen LogP) is 2.83. The van der Waals surface area contributed by atoms with Gasteiger partial charge in [-0.3, -0.25) is 4.98 Å². The van der Waals surface area contributed by atoms with Crippen molar-refractivity contribution in [2.45, 2.75) is 18.4 Å². The van der Waals surface area contributed by atoms with Gasteiger partial charge >= 0.3 is 0 Å². The molecular weight excluding hydrogens is 267 g/mol. The normalized spacial score (nSPS) is 20.7. The summed E-state index contributed by atoms with van der Waals surface area (Å²) in [5.41, 5.74) is 7.68. The van der Waals surface area contributed by atoms with Crippen molar-refractivity contribution in [3.05, 3.63) is 47.9 Å². The molecule has 5 heteroatoms. The molecule has 0 bridgehead atoms. The van der Waals surface area contributed by atoms with Gasteiger partial charge in [0, 0.05) is 23.7 Å². The molecule has 1 fully saturated rings. The van der Waals surface area contributed by atoms with Crippen molar-refractivity contribution in [1.29, 1.82) is 0 Å². The molecule has 2 atom stereocenters. The van der Waals surface area contributed by atoms with Gasteiger partial charge in [-0.1, -0.05) is 12.1 Å². The highest BCUT2D eigenvalue weighted by Crippen LogP contribution is 2.39. The first-order valence-electron chi connectivity index (χ1n) is 5.86. The monoisotopic (exact) mass is 280 g/mol. The third-order valence-electron chi connectivity index (χ3n) is 3.31. The molecule has 1 aliphatic rings. The number of phenols is 1. The summed E-state index contributed by atoms with van der Waals surface area (Å²) < 4.78 is 13.7. The molecule has 0 spiro atoms. The Labute approximate surface area is 116 Å². The van der Waals surface area contributed by atoms with E-state index in [1.165, 1.54) is 6.07 Å². The lowest BCUT2D eigenvalue weighted by Gasteiger charge is -2.05. The highest BCUT2D eigenvalue weighted by Gasteiger charge is 2.34. The number of benzene rings is 1. The number of halogens is 2. The maximum absolute atomic E-state index is 13.7. The summed E-state index contributed by atoms with van der Waals surface area (Å²) in [5.74, 6) is -0.607. The molecule has 19 heavy (non-hydrogen) atoms. The van der Waals surface area contributed by atoms with E-state index in [0.29, 0.717) is 17.2 Å². The first-order valence-corrected chi connectivity index (χ1v) is 5.86. The molecule has 1 aromatic carbocycles. The largest absolute Gasteiger partial charge is 0.505 e. The van der Waals surface area contributed by atoms with Crippen molar-refractivity contribution in [3.8, 4) is 17.0 Å². The maximum Gasteiger partial charge on any atom is 0.174 e. The summed E-state index contributed by atoms with van der Waals surface area (Å²) in [5, 5.41) is 9.33. The number of nitrogens with two attached hydrogens (primary N) is 1. The zero-order valence-electron chi connectivity index (χ0n) is 10.1. The van der Waals surface area contributed by atoms with E-state index in [9.17, 15) is 9.50 Å². The third kappa shape index (κ3) is 2.55. The topological polar surface area (TPSA) is 59.1 Å². The quantitative estimate of drug-likeness (QED) is 0.889. The average molecular weight is 281 g/mol. The van der Waals surface area contributed by atoms with Gasteiger partial charge < -0.3 is 10.8 Å². The van der Waals surface area contributed by atoms with Crippen molar-refractivity contribution < 1.29 is 9.50 Å². The van der Waals surface area contributed by atoms with Crippen LogP contribution in [0.5, 0.6) is 5.75 Å². The fraction of sp³-hybridized carbons (Fsp3) is 0.214. The minimum Gasteiger partial charge on any atom is -0.505 e. The van der Waals surface area contributed by atoms with Crippen LogP contribution in [-0.4, -0.2) is 16.1 Å². The smallest absolute Gasteiger partial charge is 0.174 e. The van der Waals surface area contributed by atoms with E-state index >= 15 is 0 Å². The van der Waals surface area contributed by atoms with E-state index in [4.69, 9.17) is 5.73 Å². The van der Waals surface area contributed by atoms with Gasteiger partial charge in [0.1, 0.15) is 0 Å². The second-order valence-corrected chi connectivity index (χ2v) is 4.62. The van der Waals surface area contributed by atoms with Gasteiger partial charge in [0.25, 0.3) is 0 Å². The van der Waals surface area contributed by atoms with Gasteiger partial charge in [0.2, 0.25) is 0 Å². The zero-order chi connectivity index (χ0) is 12.7. The molecule has 0 saturated heterocycles. The molecule has 0 radical (unpaired) electrons. The van der Waals surface area contributed by atoms with Crippen LogP contribution in [0.1, 0.15) is 17.9 Å². The van der Waals surface area contributed by atoms with E-state index in [0.717, 1.165) is 12.0 Å². The van der Waals surface area contributed by atoms with E-state index in [1.807, 2.05) is 6.07 Å². The second kappa shape index (κ2) is 5.15. The van der Waals surface area contributed by atoms with E-state index in [2.05, 4.69) is 4.98 Å². The number of hydrogen-bond donors (Lipinski definition) is 2. The van der Waals surface area contributed by atoms with E-state index in [1.54, 1.807) is 24.4 Å². The van der Waals surface area contributed by atoms with Gasteiger partial charge in [-0.15, -0.1) is 12.4 Å². The maximum atomic E-state index is 13.7. The number of phenolic OH excluding ortho intramolecular Hbond substituents is 1. The van der Waals surface area contributed by atoms with Crippen LogP contribution >= 0.6 is 12.4 Å². The lowest BCUT2D eigenvalue weighted by Crippen LogP contribution is -2.01. The number of nitrogens with zero attached hydrogens (tertiary/aromatic N) is 1. The van der Waals surface area contributed by atoms with Crippen molar-refractivity contribution in [1.82, 2.24) is 4.98 Å². The van der Waals surface area contributed by atoms with E-state index in [-0.39, 0.29) is 24.2 Å². The molecule has 2 unspecified atom stereocenters. The van der Waals surface area contributed by atoms with Crippen LogP contribution in [-0.2, 0) is 0 Å². The van der Waals surface area contributed by atoms with Crippen molar-refractivity contribution >= 4 is 12.4 Å². The molecule has 2 aromatic rings. The summed E-state index contributed by atoms with van der Waals surface area (Å²) in [4.78, 5) is 4.24. The molecule has 3 nitrogen and oxygen atoms in total. The standard InChI is InChI=1S/C14H13FN2O.ClH/c15-14-9(2-1-3-13(14)18)12-5-4-8(7-17-12)10-6-11(10)16;/h1-5,7,10-11,18H,6,16H2;1H. The van der Waals surface area contributed by atoms with Crippen LogP contribution in [0, 0.1) is 5.82 Å². The molecular formula is C14H14ClFN2O. The van der Waals surface area contributed by atoms with Crippen LogP contribution in [0.3, 0.4) is 0 Å². The van der Waals surface area contributed by atoms with Crippen LogP contribution in [0.2, 0.25) is 0 Å². The Hall–Kier alpha value is -1.65. The van der Waals surface area contributed by atoms with Crippen LogP contribution in [0.4, 0.5) is 4.39 Å². The van der Waals surface area contributed by atoms with Crippen molar-refractivity contribution in [2.75, 3.05) is 0 Å². The molecule has 3 rings (SSSR count). The summed E-state index contributed by atoms with van der Waals surface area (Å²) in [6.07, 6.45) is 2.72. The van der Waals surface area contributed by atoms with Crippen LogP contribution < -0.4 is 5.73 Å². The van der Waals surface area contributed by atoms with Crippen LogP contribution in [0.25, 0.3) is 11.3 Å². The number of pyridine rings is 1. The average Bonchev–Trinajstić information content (AvgIpc) is 3.10. The fourth-order valence-electron chi connectivity index (χ4n) is 2.10. The Morgan fingerprint density at radius 2 is 2.00 bits per heavy atom. The van der Waals surface area contributed by atoms with Gasteiger partial charge in [-0.25, -0.2) is 4.39 Å². The van der Waals surface area contributed by atoms with E-state index < -0.39 is 5.82 Å². The first kappa shape index (κ1) is 13.8. The molecule has 100 valence electrons.